The summed E-state index contributed by atoms with van der Waals surface area (Å²) >= 11 is 0. The van der Waals surface area contributed by atoms with Gasteiger partial charge < -0.3 is 25.3 Å². The number of methoxy groups -OCH3 is 1. The van der Waals surface area contributed by atoms with Crippen LogP contribution in [-0.2, 0) is 9.59 Å². The molecule has 0 saturated carbocycles. The molecule has 0 bridgehead atoms. The van der Waals surface area contributed by atoms with Gasteiger partial charge in [0.1, 0.15) is 12.4 Å². The third-order valence-electron chi connectivity index (χ3n) is 4.04. The predicted octanol–water partition coefficient (Wildman–Crippen LogP) is 2.38. The van der Waals surface area contributed by atoms with E-state index in [1.807, 2.05) is 32.0 Å². The Labute approximate surface area is 170 Å². The van der Waals surface area contributed by atoms with Crippen LogP contribution < -0.4 is 25.3 Å². The van der Waals surface area contributed by atoms with Crippen molar-refractivity contribution in [3.8, 4) is 17.2 Å². The van der Waals surface area contributed by atoms with E-state index in [9.17, 15) is 9.59 Å². The van der Waals surface area contributed by atoms with Crippen LogP contribution in [0.15, 0.2) is 42.5 Å². The Bertz CT molecular complexity index is 873. The first-order chi connectivity index (χ1) is 13.9. The molecule has 29 heavy (non-hydrogen) atoms. The average Bonchev–Trinajstić information content (AvgIpc) is 2.69. The summed E-state index contributed by atoms with van der Waals surface area (Å²) in [7, 11) is 1.49. The molecule has 0 aromatic heterocycles. The molecule has 7 heteroatoms. The van der Waals surface area contributed by atoms with E-state index in [0.29, 0.717) is 24.7 Å². The second-order valence-electron chi connectivity index (χ2n) is 6.36. The zero-order valence-electron chi connectivity index (χ0n) is 16.9. The first kappa shape index (κ1) is 21.8. The van der Waals surface area contributed by atoms with Gasteiger partial charge in [-0.1, -0.05) is 24.3 Å². The van der Waals surface area contributed by atoms with Crippen LogP contribution in [-0.4, -0.2) is 38.7 Å². The van der Waals surface area contributed by atoms with Crippen molar-refractivity contribution in [1.82, 2.24) is 5.32 Å². The van der Waals surface area contributed by atoms with Crippen molar-refractivity contribution in [2.75, 3.05) is 26.9 Å². The van der Waals surface area contributed by atoms with Gasteiger partial charge in [-0.25, -0.2) is 0 Å². The average molecular weight is 398 g/mol. The summed E-state index contributed by atoms with van der Waals surface area (Å²) in [6.45, 7) is 4.51. The first-order valence-electron chi connectivity index (χ1n) is 9.14. The highest BCUT2D eigenvalue weighted by molar-refractivity contribution is 5.91. The third-order valence-corrected chi connectivity index (χ3v) is 4.04. The van der Waals surface area contributed by atoms with Gasteiger partial charge in [-0.2, -0.15) is 0 Å². The molecule has 154 valence electrons. The van der Waals surface area contributed by atoms with Crippen molar-refractivity contribution < 1.29 is 23.8 Å². The minimum atomic E-state index is -0.575. The van der Waals surface area contributed by atoms with Crippen LogP contribution in [0.4, 0.5) is 0 Å². The van der Waals surface area contributed by atoms with Gasteiger partial charge in [0.15, 0.2) is 18.1 Å². The van der Waals surface area contributed by atoms with E-state index < -0.39 is 5.91 Å². The summed E-state index contributed by atoms with van der Waals surface area (Å²) < 4.78 is 16.3. The summed E-state index contributed by atoms with van der Waals surface area (Å²) in [6, 6.07) is 11.0. The van der Waals surface area contributed by atoms with Gasteiger partial charge in [0, 0.05) is 6.08 Å². The Kier molecular flexibility index (Phi) is 8.09. The number of hydrogen-bond donors (Lipinski definition) is 2. The second-order valence-corrected chi connectivity index (χ2v) is 6.36. The lowest BCUT2D eigenvalue weighted by atomic mass is 10.1. The minimum Gasteiger partial charge on any atom is -0.493 e. The molecular formula is C22H26N2O5. The van der Waals surface area contributed by atoms with Crippen molar-refractivity contribution in [1.29, 1.82) is 0 Å². The fourth-order valence-corrected chi connectivity index (χ4v) is 2.64. The SMILES string of the molecule is COc1cc(C=CC(=O)NCCOc2c(C)cccc2C)ccc1OCC(N)=O. The lowest BCUT2D eigenvalue weighted by Gasteiger charge is -2.12. The normalized spacial score (nSPS) is 10.6. The van der Waals surface area contributed by atoms with Crippen molar-refractivity contribution in [3.63, 3.8) is 0 Å². The van der Waals surface area contributed by atoms with Gasteiger partial charge in [-0.15, -0.1) is 0 Å². The Morgan fingerprint density at radius 1 is 1.07 bits per heavy atom. The predicted molar refractivity (Wildman–Crippen MR) is 111 cm³/mol. The number of amides is 2. The summed E-state index contributed by atoms with van der Waals surface area (Å²) in [4.78, 5) is 22.8. The molecule has 0 unspecified atom stereocenters. The molecule has 2 aromatic rings. The lowest BCUT2D eigenvalue weighted by Crippen LogP contribution is -2.26. The molecule has 0 radical (unpaired) electrons. The number of rotatable bonds is 10. The Balaban J connectivity index is 1.84. The van der Waals surface area contributed by atoms with E-state index >= 15 is 0 Å². The van der Waals surface area contributed by atoms with Crippen molar-refractivity contribution in [3.05, 3.63) is 59.2 Å². The largest absolute Gasteiger partial charge is 0.493 e. The third kappa shape index (κ3) is 6.88. The van der Waals surface area contributed by atoms with Gasteiger partial charge in [-0.3, -0.25) is 9.59 Å². The lowest BCUT2D eigenvalue weighted by molar-refractivity contribution is -0.120. The number of nitrogens with two attached hydrogens (primary N) is 1. The van der Waals surface area contributed by atoms with Crippen molar-refractivity contribution in [2.24, 2.45) is 5.73 Å². The van der Waals surface area contributed by atoms with Crippen molar-refractivity contribution in [2.45, 2.75) is 13.8 Å². The van der Waals surface area contributed by atoms with Crippen LogP contribution in [0.5, 0.6) is 17.2 Å². The van der Waals surface area contributed by atoms with E-state index in [4.69, 9.17) is 19.9 Å². The molecule has 0 atom stereocenters. The van der Waals surface area contributed by atoms with Crippen LogP contribution in [0.3, 0.4) is 0 Å². The molecule has 0 saturated heterocycles. The highest BCUT2D eigenvalue weighted by Crippen LogP contribution is 2.28. The number of carbonyl (C=O) groups excluding carboxylic acids is 2. The van der Waals surface area contributed by atoms with E-state index in [0.717, 1.165) is 22.4 Å². The monoisotopic (exact) mass is 398 g/mol. The number of nitrogens with one attached hydrogen (secondary N) is 1. The van der Waals surface area contributed by atoms with Gasteiger partial charge >= 0.3 is 0 Å². The molecule has 0 heterocycles. The molecule has 0 fully saturated rings. The molecular weight excluding hydrogens is 372 g/mol. The van der Waals surface area contributed by atoms with E-state index in [2.05, 4.69) is 5.32 Å². The van der Waals surface area contributed by atoms with Crippen LogP contribution in [0, 0.1) is 13.8 Å². The molecule has 2 aromatic carbocycles. The molecule has 2 rings (SSSR count). The van der Waals surface area contributed by atoms with Gasteiger partial charge in [-0.05, 0) is 48.7 Å². The fraction of sp³-hybridized carbons (Fsp3) is 0.273. The van der Waals surface area contributed by atoms with E-state index in [1.54, 1.807) is 24.3 Å². The zero-order chi connectivity index (χ0) is 21.2. The molecule has 0 spiro atoms. The minimum absolute atomic E-state index is 0.233. The number of primary amides is 1. The zero-order valence-corrected chi connectivity index (χ0v) is 16.9. The molecule has 7 nitrogen and oxygen atoms in total. The molecule has 3 N–H and O–H groups in total. The second kappa shape index (κ2) is 10.8. The van der Waals surface area contributed by atoms with Crippen LogP contribution >= 0.6 is 0 Å². The van der Waals surface area contributed by atoms with Gasteiger partial charge in [0.05, 0.1) is 13.7 Å². The topological polar surface area (TPSA) is 99.9 Å². The van der Waals surface area contributed by atoms with Crippen LogP contribution in [0.2, 0.25) is 0 Å². The number of benzene rings is 2. The highest BCUT2D eigenvalue weighted by Gasteiger charge is 2.07. The maximum Gasteiger partial charge on any atom is 0.255 e. The Hall–Kier alpha value is -3.48. The maximum absolute atomic E-state index is 12.0. The molecule has 0 aliphatic carbocycles. The quantitative estimate of drug-likeness (QED) is 0.473. The smallest absolute Gasteiger partial charge is 0.255 e. The molecule has 0 aliphatic rings. The van der Waals surface area contributed by atoms with E-state index in [1.165, 1.54) is 13.2 Å². The van der Waals surface area contributed by atoms with E-state index in [-0.39, 0.29) is 12.5 Å². The standard InChI is InChI=1S/C22H26N2O5/c1-15-5-4-6-16(2)22(15)28-12-11-24-21(26)10-8-17-7-9-18(19(13-17)27-3)29-14-20(23)25/h4-10,13H,11-12,14H2,1-3H3,(H2,23,25)(H,24,26). The number of ether oxygens (including phenoxy) is 3. The Morgan fingerprint density at radius 2 is 1.79 bits per heavy atom. The summed E-state index contributed by atoms with van der Waals surface area (Å²) in [5, 5.41) is 2.78. The first-order valence-corrected chi connectivity index (χ1v) is 9.14. The number of carbonyl (C=O) groups is 2. The van der Waals surface area contributed by atoms with Crippen LogP contribution in [0.25, 0.3) is 6.08 Å². The van der Waals surface area contributed by atoms with Crippen LogP contribution in [0.1, 0.15) is 16.7 Å². The molecule has 0 aliphatic heterocycles. The summed E-state index contributed by atoms with van der Waals surface area (Å²) in [5.41, 5.74) is 7.94. The maximum atomic E-state index is 12.0. The highest BCUT2D eigenvalue weighted by atomic mass is 16.5. The number of para-hydroxylation sites is 1. The number of aryl methyl sites for hydroxylation is 2. The Morgan fingerprint density at radius 3 is 2.45 bits per heavy atom. The van der Waals surface area contributed by atoms with Crippen molar-refractivity contribution >= 4 is 17.9 Å². The van der Waals surface area contributed by atoms with Gasteiger partial charge in [0.2, 0.25) is 5.91 Å². The summed E-state index contributed by atoms with van der Waals surface area (Å²) in [5.74, 6) is 0.882. The summed E-state index contributed by atoms with van der Waals surface area (Å²) in [6.07, 6.45) is 3.08. The van der Waals surface area contributed by atoms with Gasteiger partial charge in [0.25, 0.3) is 5.91 Å². The number of hydrogen-bond acceptors (Lipinski definition) is 5. The fourth-order valence-electron chi connectivity index (χ4n) is 2.64. The molecule has 2 amide bonds.